The molecule has 2 fully saturated rings. The van der Waals surface area contributed by atoms with E-state index in [4.69, 9.17) is 5.11 Å². The van der Waals surface area contributed by atoms with Crippen molar-refractivity contribution in [1.82, 2.24) is 10.2 Å². The van der Waals surface area contributed by atoms with E-state index < -0.39 is 11.9 Å². The molecular weight excluding hydrogens is 323 g/mol. The third kappa shape index (κ3) is 4.50. The smallest absolute Gasteiger partial charge is 0.317 e. The van der Waals surface area contributed by atoms with Crippen LogP contribution in [0.15, 0.2) is 24.3 Å². The second-order valence-electron chi connectivity index (χ2n) is 7.17. The zero-order chi connectivity index (χ0) is 17.8. The highest BCUT2D eigenvalue weighted by Crippen LogP contribution is 2.33. The molecule has 25 heavy (non-hydrogen) atoms. The van der Waals surface area contributed by atoms with Crippen LogP contribution in [-0.2, 0) is 4.79 Å². The van der Waals surface area contributed by atoms with Crippen molar-refractivity contribution in [2.24, 2.45) is 5.92 Å². The molecule has 2 amide bonds. The predicted molar refractivity (Wildman–Crippen MR) is 91.9 cm³/mol. The maximum atomic E-state index is 13.0. The number of carbonyl (C=O) groups excluding carboxylic acids is 1. The molecule has 0 aromatic heterocycles. The Morgan fingerprint density at radius 3 is 2.40 bits per heavy atom. The van der Waals surface area contributed by atoms with Crippen LogP contribution in [0.25, 0.3) is 0 Å². The number of carboxylic acids is 1. The van der Waals surface area contributed by atoms with Gasteiger partial charge in [0, 0.05) is 19.1 Å². The number of nitrogens with one attached hydrogen (secondary N) is 1. The number of rotatable bonds is 3. The van der Waals surface area contributed by atoms with Crippen molar-refractivity contribution >= 4 is 12.0 Å². The van der Waals surface area contributed by atoms with Crippen molar-refractivity contribution < 1.29 is 19.1 Å². The van der Waals surface area contributed by atoms with Crippen LogP contribution >= 0.6 is 0 Å². The van der Waals surface area contributed by atoms with E-state index in [1.54, 1.807) is 4.90 Å². The van der Waals surface area contributed by atoms with Crippen LogP contribution in [0.3, 0.4) is 0 Å². The number of aliphatic carboxylic acids is 1. The number of carboxylic acid groups (broad SMARTS) is 1. The third-order valence-corrected chi connectivity index (χ3v) is 5.45. The number of benzene rings is 1. The molecule has 1 aliphatic carbocycles. The summed E-state index contributed by atoms with van der Waals surface area (Å²) >= 11 is 0. The lowest BCUT2D eigenvalue weighted by Crippen LogP contribution is -2.50. The van der Waals surface area contributed by atoms with Gasteiger partial charge in [0.05, 0.1) is 5.92 Å². The average Bonchev–Trinajstić information content (AvgIpc) is 2.63. The van der Waals surface area contributed by atoms with Gasteiger partial charge in [0.25, 0.3) is 0 Å². The van der Waals surface area contributed by atoms with E-state index >= 15 is 0 Å². The maximum Gasteiger partial charge on any atom is 0.317 e. The van der Waals surface area contributed by atoms with E-state index in [1.165, 1.54) is 12.1 Å². The van der Waals surface area contributed by atoms with E-state index in [-0.39, 0.29) is 17.9 Å². The predicted octanol–water partition coefficient (Wildman–Crippen LogP) is 3.36. The lowest BCUT2D eigenvalue weighted by atomic mass is 9.82. The van der Waals surface area contributed by atoms with Crippen LogP contribution < -0.4 is 5.32 Å². The number of piperidine rings is 1. The number of likely N-dealkylation sites (tertiary alicyclic amines) is 1. The van der Waals surface area contributed by atoms with Gasteiger partial charge in [-0.05, 0) is 62.1 Å². The number of carbonyl (C=O) groups is 2. The summed E-state index contributed by atoms with van der Waals surface area (Å²) < 4.78 is 13.0. The van der Waals surface area contributed by atoms with Crippen LogP contribution in [0.1, 0.15) is 50.0 Å². The lowest BCUT2D eigenvalue weighted by Gasteiger charge is -2.34. The Labute approximate surface area is 147 Å². The monoisotopic (exact) mass is 348 g/mol. The number of hydrogen-bond acceptors (Lipinski definition) is 2. The van der Waals surface area contributed by atoms with Crippen molar-refractivity contribution in [1.29, 1.82) is 0 Å². The molecule has 1 atom stereocenters. The quantitative estimate of drug-likeness (QED) is 0.880. The standard InChI is InChI=1S/C19H25FN2O3/c20-16-7-3-13(4-8-16)14-5-9-17(10-6-14)21-19(25)22-11-1-2-15(12-22)18(23)24/h3-4,7-8,14-15,17H,1-2,5-6,9-12H2,(H,21,25)(H,23,24). The molecule has 1 aliphatic heterocycles. The van der Waals surface area contributed by atoms with Crippen molar-refractivity contribution in [2.75, 3.05) is 13.1 Å². The van der Waals surface area contributed by atoms with Gasteiger partial charge in [-0.15, -0.1) is 0 Å². The van der Waals surface area contributed by atoms with E-state index in [9.17, 15) is 14.0 Å². The SMILES string of the molecule is O=C(O)C1CCCN(C(=O)NC2CCC(c3ccc(F)cc3)CC2)C1. The second-order valence-corrected chi connectivity index (χ2v) is 7.17. The fraction of sp³-hybridized carbons (Fsp3) is 0.579. The molecular formula is C19H25FN2O3. The summed E-state index contributed by atoms with van der Waals surface area (Å²) in [5, 5.41) is 12.2. The van der Waals surface area contributed by atoms with Gasteiger partial charge in [-0.25, -0.2) is 9.18 Å². The zero-order valence-corrected chi connectivity index (χ0v) is 14.3. The number of hydrogen-bond donors (Lipinski definition) is 2. The van der Waals surface area contributed by atoms with E-state index in [1.807, 2.05) is 12.1 Å². The maximum absolute atomic E-state index is 13.0. The van der Waals surface area contributed by atoms with Crippen molar-refractivity contribution in [2.45, 2.75) is 50.5 Å². The first-order valence-corrected chi connectivity index (χ1v) is 9.06. The number of halogens is 1. The molecule has 1 saturated carbocycles. The van der Waals surface area contributed by atoms with Gasteiger partial charge in [-0.1, -0.05) is 12.1 Å². The highest BCUT2D eigenvalue weighted by molar-refractivity contribution is 5.76. The summed E-state index contributed by atoms with van der Waals surface area (Å²) in [7, 11) is 0. The molecule has 1 unspecified atom stereocenters. The molecule has 6 heteroatoms. The van der Waals surface area contributed by atoms with E-state index in [0.29, 0.717) is 25.4 Å². The molecule has 1 saturated heterocycles. The largest absolute Gasteiger partial charge is 0.481 e. The fourth-order valence-electron chi connectivity index (χ4n) is 3.94. The Hall–Kier alpha value is -2.11. The minimum atomic E-state index is -0.822. The molecule has 2 aliphatic rings. The van der Waals surface area contributed by atoms with Crippen molar-refractivity contribution in [3.63, 3.8) is 0 Å². The van der Waals surface area contributed by atoms with Gasteiger partial charge in [0.2, 0.25) is 0 Å². The summed E-state index contributed by atoms with van der Waals surface area (Å²) in [6, 6.07) is 6.68. The average molecular weight is 348 g/mol. The first-order valence-electron chi connectivity index (χ1n) is 9.06. The summed E-state index contributed by atoms with van der Waals surface area (Å²) in [5.41, 5.74) is 1.16. The Morgan fingerprint density at radius 2 is 1.76 bits per heavy atom. The fourth-order valence-corrected chi connectivity index (χ4v) is 3.94. The number of amides is 2. The molecule has 1 aromatic rings. The van der Waals surface area contributed by atoms with Crippen LogP contribution in [0.5, 0.6) is 0 Å². The summed E-state index contributed by atoms with van der Waals surface area (Å²) in [6.45, 7) is 0.923. The molecule has 0 radical (unpaired) electrons. The lowest BCUT2D eigenvalue weighted by molar-refractivity contribution is -0.143. The first-order chi connectivity index (χ1) is 12.0. The number of urea groups is 1. The second kappa shape index (κ2) is 7.85. The van der Waals surface area contributed by atoms with Crippen molar-refractivity contribution in [3.8, 4) is 0 Å². The van der Waals surface area contributed by atoms with Gasteiger partial charge in [-0.2, -0.15) is 0 Å². The zero-order valence-electron chi connectivity index (χ0n) is 14.3. The van der Waals surface area contributed by atoms with E-state index in [2.05, 4.69) is 5.32 Å². The molecule has 5 nitrogen and oxygen atoms in total. The van der Waals surface area contributed by atoms with Crippen molar-refractivity contribution in [3.05, 3.63) is 35.6 Å². The van der Waals surface area contributed by atoms with Gasteiger partial charge in [0.15, 0.2) is 0 Å². The number of nitrogens with zero attached hydrogens (tertiary/aromatic N) is 1. The van der Waals surface area contributed by atoms with E-state index in [0.717, 1.165) is 37.7 Å². The highest BCUT2D eigenvalue weighted by atomic mass is 19.1. The Bertz CT molecular complexity index is 612. The molecule has 136 valence electrons. The van der Waals surface area contributed by atoms with Gasteiger partial charge >= 0.3 is 12.0 Å². The molecule has 2 N–H and O–H groups in total. The minimum Gasteiger partial charge on any atom is -0.481 e. The van der Waals surface area contributed by atoms with Crippen LogP contribution in [0.4, 0.5) is 9.18 Å². The molecule has 0 spiro atoms. The van der Waals surface area contributed by atoms with Crippen LogP contribution in [-0.4, -0.2) is 41.1 Å². The Balaban J connectivity index is 1.47. The summed E-state index contributed by atoms with van der Waals surface area (Å²) in [4.78, 5) is 25.2. The molecule has 3 rings (SSSR count). The topological polar surface area (TPSA) is 69.6 Å². The third-order valence-electron chi connectivity index (χ3n) is 5.45. The normalized spacial score (nSPS) is 26.9. The van der Waals surface area contributed by atoms with Gasteiger partial charge in [0.1, 0.15) is 5.82 Å². The minimum absolute atomic E-state index is 0.134. The highest BCUT2D eigenvalue weighted by Gasteiger charge is 2.30. The summed E-state index contributed by atoms with van der Waals surface area (Å²) in [6.07, 6.45) is 5.10. The Morgan fingerprint density at radius 1 is 1.08 bits per heavy atom. The molecule has 0 bridgehead atoms. The molecule has 1 aromatic carbocycles. The van der Waals surface area contributed by atoms with Crippen LogP contribution in [0.2, 0.25) is 0 Å². The Kier molecular flexibility index (Phi) is 5.56. The first kappa shape index (κ1) is 17.7. The van der Waals surface area contributed by atoms with Gasteiger partial charge in [-0.3, -0.25) is 4.79 Å². The summed E-state index contributed by atoms with van der Waals surface area (Å²) in [5.74, 6) is -1.07. The van der Waals surface area contributed by atoms with Crippen LogP contribution in [0, 0.1) is 11.7 Å². The molecule has 1 heterocycles. The van der Waals surface area contributed by atoms with Gasteiger partial charge < -0.3 is 15.3 Å².